The number of fused-ring (bicyclic) bond motifs is 1. The quantitative estimate of drug-likeness (QED) is 0.819. The zero-order valence-corrected chi connectivity index (χ0v) is 14.8. The average Bonchev–Trinajstić information content (AvgIpc) is 2.87. The third-order valence-corrected chi connectivity index (χ3v) is 5.20. The molecule has 120 valence electrons. The number of nitrogens with zero attached hydrogens (tertiary/aromatic N) is 4. The zero-order valence-electron chi connectivity index (χ0n) is 14.0. The molecule has 0 spiro atoms. The Bertz CT molecular complexity index is 659. The number of rotatable bonds is 6. The van der Waals surface area contributed by atoms with Crippen LogP contribution in [0.15, 0.2) is 6.33 Å². The molecule has 0 fully saturated rings. The fourth-order valence-electron chi connectivity index (χ4n) is 2.67. The second-order valence-corrected chi connectivity index (χ2v) is 6.08. The van der Waals surface area contributed by atoms with Crippen LogP contribution in [-0.2, 0) is 0 Å². The Labute approximate surface area is 136 Å². The van der Waals surface area contributed by atoms with Crippen LogP contribution in [0, 0.1) is 6.92 Å². The Kier molecular flexibility index (Phi) is 5.34. The lowest BCUT2D eigenvalue weighted by Gasteiger charge is -2.20. The van der Waals surface area contributed by atoms with Gasteiger partial charge in [0.05, 0.1) is 10.3 Å². The predicted molar refractivity (Wildman–Crippen MR) is 93.0 cm³/mol. The molecule has 0 aromatic carbocycles. The standard InChI is InChI=1S/C16H24N4OS/c1-6-19(7-2)14-12-11(5)13(16(21)20(8-3)9-4)22-15(12)18-10-17-14/h10H,6-9H2,1-5H3. The summed E-state index contributed by atoms with van der Waals surface area (Å²) in [7, 11) is 0. The normalized spacial score (nSPS) is 11.0. The molecule has 0 N–H and O–H groups in total. The highest BCUT2D eigenvalue weighted by atomic mass is 32.1. The SMILES string of the molecule is CCN(CC)C(=O)c1sc2ncnc(N(CC)CC)c2c1C. The first-order valence-corrected chi connectivity index (χ1v) is 8.68. The lowest BCUT2D eigenvalue weighted by atomic mass is 10.1. The summed E-state index contributed by atoms with van der Waals surface area (Å²) in [5, 5.41) is 1.02. The molecule has 0 aliphatic heterocycles. The molecule has 2 aromatic rings. The van der Waals surface area contributed by atoms with Gasteiger partial charge in [0.15, 0.2) is 0 Å². The number of hydrogen-bond donors (Lipinski definition) is 0. The van der Waals surface area contributed by atoms with Crippen LogP contribution in [0.25, 0.3) is 10.2 Å². The minimum absolute atomic E-state index is 0.0935. The van der Waals surface area contributed by atoms with E-state index >= 15 is 0 Å². The smallest absolute Gasteiger partial charge is 0.264 e. The molecule has 0 atom stereocenters. The summed E-state index contributed by atoms with van der Waals surface area (Å²) in [6.45, 7) is 13.5. The molecule has 0 aliphatic carbocycles. The van der Waals surface area contributed by atoms with Crippen molar-refractivity contribution in [1.82, 2.24) is 14.9 Å². The van der Waals surface area contributed by atoms with Gasteiger partial charge >= 0.3 is 0 Å². The van der Waals surface area contributed by atoms with E-state index in [2.05, 4.69) is 28.7 Å². The van der Waals surface area contributed by atoms with E-state index in [0.29, 0.717) is 0 Å². The maximum atomic E-state index is 12.7. The van der Waals surface area contributed by atoms with Crippen molar-refractivity contribution in [3.63, 3.8) is 0 Å². The summed E-state index contributed by atoms with van der Waals surface area (Å²) in [6.07, 6.45) is 1.59. The molecular weight excluding hydrogens is 296 g/mol. The molecule has 22 heavy (non-hydrogen) atoms. The van der Waals surface area contributed by atoms with E-state index in [4.69, 9.17) is 0 Å². The topological polar surface area (TPSA) is 49.3 Å². The Morgan fingerprint density at radius 3 is 2.27 bits per heavy atom. The van der Waals surface area contributed by atoms with Crippen molar-refractivity contribution in [3.05, 3.63) is 16.8 Å². The van der Waals surface area contributed by atoms with Crippen molar-refractivity contribution >= 4 is 33.3 Å². The molecule has 1 amide bonds. The lowest BCUT2D eigenvalue weighted by molar-refractivity contribution is 0.0777. The molecule has 5 nitrogen and oxygen atoms in total. The van der Waals surface area contributed by atoms with Crippen LogP contribution in [0.4, 0.5) is 5.82 Å². The van der Waals surface area contributed by atoms with Gasteiger partial charge in [-0.15, -0.1) is 11.3 Å². The van der Waals surface area contributed by atoms with Crippen LogP contribution < -0.4 is 4.90 Å². The molecule has 0 aliphatic rings. The highest BCUT2D eigenvalue weighted by Crippen LogP contribution is 2.35. The van der Waals surface area contributed by atoms with E-state index in [0.717, 1.165) is 52.7 Å². The summed E-state index contributed by atoms with van der Waals surface area (Å²) >= 11 is 1.47. The number of hydrogen-bond acceptors (Lipinski definition) is 5. The molecule has 0 saturated carbocycles. The van der Waals surface area contributed by atoms with Crippen molar-refractivity contribution in [2.24, 2.45) is 0 Å². The molecule has 0 unspecified atom stereocenters. The fraction of sp³-hybridized carbons (Fsp3) is 0.562. The molecule has 2 heterocycles. The third-order valence-electron chi connectivity index (χ3n) is 4.01. The summed E-state index contributed by atoms with van der Waals surface area (Å²) in [4.78, 5) is 27.3. The Hall–Kier alpha value is -1.69. The van der Waals surface area contributed by atoms with Gasteiger partial charge in [-0.05, 0) is 40.2 Å². The first-order chi connectivity index (χ1) is 10.6. The fourth-order valence-corrected chi connectivity index (χ4v) is 3.79. The predicted octanol–water partition coefficient (Wildman–Crippen LogP) is 3.33. The van der Waals surface area contributed by atoms with E-state index in [1.807, 2.05) is 25.7 Å². The summed E-state index contributed by atoms with van der Waals surface area (Å²) in [6, 6.07) is 0. The van der Waals surface area contributed by atoms with Gasteiger partial charge in [0, 0.05) is 26.2 Å². The van der Waals surface area contributed by atoms with E-state index in [1.54, 1.807) is 6.33 Å². The first kappa shape index (κ1) is 16.7. The van der Waals surface area contributed by atoms with Crippen LogP contribution in [0.2, 0.25) is 0 Å². The summed E-state index contributed by atoms with van der Waals surface area (Å²) in [5.41, 5.74) is 0.999. The maximum Gasteiger partial charge on any atom is 0.264 e. The van der Waals surface area contributed by atoms with E-state index in [1.165, 1.54) is 11.3 Å². The number of amides is 1. The van der Waals surface area contributed by atoms with Crippen molar-refractivity contribution in [2.45, 2.75) is 34.6 Å². The van der Waals surface area contributed by atoms with Gasteiger partial charge in [-0.3, -0.25) is 4.79 Å². The highest BCUT2D eigenvalue weighted by Gasteiger charge is 2.23. The monoisotopic (exact) mass is 320 g/mol. The number of anilines is 1. The van der Waals surface area contributed by atoms with Gasteiger partial charge in [-0.1, -0.05) is 0 Å². The largest absolute Gasteiger partial charge is 0.357 e. The van der Waals surface area contributed by atoms with Crippen LogP contribution in [-0.4, -0.2) is 47.0 Å². The minimum Gasteiger partial charge on any atom is -0.357 e. The molecule has 0 saturated heterocycles. The van der Waals surface area contributed by atoms with Gasteiger partial charge in [0.1, 0.15) is 17.0 Å². The molecular formula is C16H24N4OS. The molecule has 2 rings (SSSR count). The second kappa shape index (κ2) is 7.05. The summed E-state index contributed by atoms with van der Waals surface area (Å²) < 4.78 is 0. The number of carbonyl (C=O) groups excluding carboxylic acids is 1. The first-order valence-electron chi connectivity index (χ1n) is 7.87. The van der Waals surface area contributed by atoms with Crippen LogP contribution >= 0.6 is 11.3 Å². The highest BCUT2D eigenvalue weighted by molar-refractivity contribution is 7.20. The van der Waals surface area contributed by atoms with Gasteiger partial charge < -0.3 is 9.80 Å². The zero-order chi connectivity index (χ0) is 16.3. The van der Waals surface area contributed by atoms with Gasteiger partial charge in [0.2, 0.25) is 0 Å². The third kappa shape index (κ3) is 2.79. The summed E-state index contributed by atoms with van der Waals surface area (Å²) in [5.74, 6) is 1.03. The minimum atomic E-state index is 0.0935. The van der Waals surface area contributed by atoms with Crippen molar-refractivity contribution < 1.29 is 4.79 Å². The Morgan fingerprint density at radius 2 is 1.73 bits per heavy atom. The molecule has 0 bridgehead atoms. The van der Waals surface area contributed by atoms with Crippen LogP contribution in [0.1, 0.15) is 42.9 Å². The molecule has 6 heteroatoms. The second-order valence-electron chi connectivity index (χ2n) is 5.08. The van der Waals surface area contributed by atoms with Crippen molar-refractivity contribution in [1.29, 1.82) is 0 Å². The van der Waals surface area contributed by atoms with E-state index in [-0.39, 0.29) is 5.91 Å². The van der Waals surface area contributed by atoms with Crippen LogP contribution in [0.5, 0.6) is 0 Å². The molecule has 0 radical (unpaired) electrons. The average molecular weight is 320 g/mol. The Morgan fingerprint density at radius 1 is 1.09 bits per heavy atom. The van der Waals surface area contributed by atoms with E-state index in [9.17, 15) is 4.79 Å². The van der Waals surface area contributed by atoms with Crippen molar-refractivity contribution in [3.8, 4) is 0 Å². The van der Waals surface area contributed by atoms with E-state index < -0.39 is 0 Å². The van der Waals surface area contributed by atoms with Gasteiger partial charge in [0.25, 0.3) is 5.91 Å². The number of thiophene rings is 1. The Balaban J connectivity index is 2.59. The molecule has 2 aromatic heterocycles. The maximum absolute atomic E-state index is 12.7. The van der Waals surface area contributed by atoms with Crippen LogP contribution in [0.3, 0.4) is 0 Å². The van der Waals surface area contributed by atoms with Gasteiger partial charge in [-0.25, -0.2) is 9.97 Å². The number of aromatic nitrogens is 2. The number of aryl methyl sites for hydroxylation is 1. The van der Waals surface area contributed by atoms with Crippen molar-refractivity contribution in [2.75, 3.05) is 31.1 Å². The van der Waals surface area contributed by atoms with Gasteiger partial charge in [-0.2, -0.15) is 0 Å². The lowest BCUT2D eigenvalue weighted by Crippen LogP contribution is -2.30. The number of carbonyl (C=O) groups is 1.